The van der Waals surface area contributed by atoms with Crippen molar-refractivity contribution in [3.05, 3.63) is 47.5 Å². The van der Waals surface area contributed by atoms with E-state index in [1.54, 1.807) is 38.5 Å². The van der Waals surface area contributed by atoms with Gasteiger partial charge in [-0.1, -0.05) is 18.2 Å². The smallest absolute Gasteiger partial charge is 0.308 e. The third-order valence-electron chi connectivity index (χ3n) is 3.32. The molecule has 2 aromatic carbocycles. The molecule has 0 unspecified atom stereocenters. The van der Waals surface area contributed by atoms with Gasteiger partial charge in [0.2, 0.25) is 0 Å². The van der Waals surface area contributed by atoms with Gasteiger partial charge in [-0.15, -0.1) is 0 Å². The van der Waals surface area contributed by atoms with Crippen LogP contribution in [0, 0.1) is 0 Å². The van der Waals surface area contributed by atoms with Crippen LogP contribution in [0.15, 0.2) is 36.4 Å². The van der Waals surface area contributed by atoms with Gasteiger partial charge >= 0.3 is 11.9 Å². The molecule has 0 aliphatic rings. The molecule has 6 nitrogen and oxygen atoms in total. The van der Waals surface area contributed by atoms with Crippen LogP contribution >= 0.6 is 0 Å². The first-order valence-electron chi connectivity index (χ1n) is 7.83. The van der Waals surface area contributed by atoms with Crippen molar-refractivity contribution < 1.29 is 28.5 Å². The van der Waals surface area contributed by atoms with Crippen molar-refractivity contribution in [3.63, 3.8) is 0 Å². The lowest BCUT2D eigenvalue weighted by Crippen LogP contribution is -2.07. The zero-order valence-electron chi connectivity index (χ0n) is 15.1. The van der Waals surface area contributed by atoms with Crippen LogP contribution in [0.4, 0.5) is 0 Å². The molecule has 0 saturated heterocycles. The molecule has 0 radical (unpaired) electrons. The minimum atomic E-state index is -0.503. The second-order valence-electron chi connectivity index (χ2n) is 5.37. The summed E-state index contributed by atoms with van der Waals surface area (Å²) in [5.41, 5.74) is 1.64. The standard InChI is InChI=1S/C20H20O6/c1-13(21)25-19-8-7-15(11-20(19)26-14(2)22)5-6-16-9-17(23-3)12-18(10-16)24-4/h5-12H,1-4H3/b6-5+. The number of hydrogen-bond donors (Lipinski definition) is 0. The molecule has 26 heavy (non-hydrogen) atoms. The fourth-order valence-corrected chi connectivity index (χ4v) is 2.22. The van der Waals surface area contributed by atoms with Gasteiger partial charge in [0.05, 0.1) is 14.2 Å². The molecule has 0 bridgehead atoms. The first-order valence-corrected chi connectivity index (χ1v) is 7.83. The minimum Gasteiger partial charge on any atom is -0.497 e. The van der Waals surface area contributed by atoms with Crippen molar-refractivity contribution in [2.75, 3.05) is 14.2 Å². The minimum absolute atomic E-state index is 0.179. The number of methoxy groups -OCH3 is 2. The van der Waals surface area contributed by atoms with Gasteiger partial charge in [-0.05, 0) is 35.4 Å². The van der Waals surface area contributed by atoms with Gasteiger partial charge in [0.15, 0.2) is 11.5 Å². The van der Waals surface area contributed by atoms with E-state index in [1.807, 2.05) is 24.3 Å². The average molecular weight is 356 g/mol. The summed E-state index contributed by atoms with van der Waals surface area (Å²) >= 11 is 0. The van der Waals surface area contributed by atoms with Gasteiger partial charge in [0.1, 0.15) is 11.5 Å². The Bertz CT molecular complexity index is 816. The summed E-state index contributed by atoms with van der Waals surface area (Å²) in [6.45, 7) is 2.56. The molecule has 0 spiro atoms. The molecule has 0 aromatic heterocycles. The molecule has 2 rings (SSSR count). The molecular weight excluding hydrogens is 336 g/mol. The highest BCUT2D eigenvalue weighted by atomic mass is 16.6. The van der Waals surface area contributed by atoms with Gasteiger partial charge < -0.3 is 18.9 Å². The largest absolute Gasteiger partial charge is 0.497 e. The highest BCUT2D eigenvalue weighted by Crippen LogP contribution is 2.30. The molecule has 0 N–H and O–H groups in total. The van der Waals surface area contributed by atoms with Crippen LogP contribution in [-0.4, -0.2) is 26.2 Å². The molecule has 0 aliphatic heterocycles. The van der Waals surface area contributed by atoms with E-state index < -0.39 is 11.9 Å². The maximum atomic E-state index is 11.3. The SMILES string of the molecule is COc1cc(/C=C/c2ccc(OC(C)=O)c(OC(C)=O)c2)cc(OC)c1. The Kier molecular flexibility index (Phi) is 6.38. The third kappa shape index (κ3) is 5.37. The van der Waals surface area contributed by atoms with Gasteiger partial charge in [0.25, 0.3) is 0 Å². The Morgan fingerprint density at radius 3 is 1.81 bits per heavy atom. The van der Waals surface area contributed by atoms with E-state index in [2.05, 4.69) is 0 Å². The number of esters is 2. The number of benzene rings is 2. The summed E-state index contributed by atoms with van der Waals surface area (Å²) in [7, 11) is 3.17. The van der Waals surface area contributed by atoms with E-state index in [1.165, 1.54) is 13.8 Å². The topological polar surface area (TPSA) is 71.1 Å². The van der Waals surface area contributed by atoms with E-state index >= 15 is 0 Å². The number of carbonyl (C=O) groups excluding carboxylic acids is 2. The Morgan fingerprint density at radius 1 is 0.731 bits per heavy atom. The van der Waals surface area contributed by atoms with Gasteiger partial charge in [-0.3, -0.25) is 9.59 Å². The van der Waals surface area contributed by atoms with Crippen LogP contribution in [0.2, 0.25) is 0 Å². The van der Waals surface area contributed by atoms with Crippen molar-refractivity contribution in [1.82, 2.24) is 0 Å². The van der Waals surface area contributed by atoms with Crippen molar-refractivity contribution >= 4 is 24.1 Å². The molecule has 0 aliphatic carbocycles. The van der Waals surface area contributed by atoms with E-state index in [-0.39, 0.29) is 11.5 Å². The fraction of sp³-hybridized carbons (Fsp3) is 0.200. The van der Waals surface area contributed by atoms with Crippen molar-refractivity contribution in [2.45, 2.75) is 13.8 Å². The lowest BCUT2D eigenvalue weighted by atomic mass is 10.1. The number of hydrogen-bond acceptors (Lipinski definition) is 6. The average Bonchev–Trinajstić information content (AvgIpc) is 2.60. The maximum Gasteiger partial charge on any atom is 0.308 e. The summed E-state index contributed by atoms with van der Waals surface area (Å²) in [6, 6.07) is 10.4. The molecular formula is C20H20O6. The highest BCUT2D eigenvalue weighted by Gasteiger charge is 2.10. The Labute approximate surface area is 151 Å². The second kappa shape index (κ2) is 8.71. The molecule has 136 valence electrons. The summed E-state index contributed by atoms with van der Waals surface area (Å²) in [6.07, 6.45) is 3.70. The van der Waals surface area contributed by atoms with Crippen LogP contribution in [0.3, 0.4) is 0 Å². The predicted octanol–water partition coefficient (Wildman–Crippen LogP) is 3.72. The van der Waals surface area contributed by atoms with E-state index in [9.17, 15) is 9.59 Å². The Hall–Kier alpha value is -3.28. The first kappa shape index (κ1) is 19.1. The molecule has 0 atom stereocenters. The molecule has 0 fully saturated rings. The van der Waals surface area contributed by atoms with Crippen LogP contribution in [0.1, 0.15) is 25.0 Å². The zero-order valence-corrected chi connectivity index (χ0v) is 15.1. The lowest BCUT2D eigenvalue weighted by Gasteiger charge is -2.09. The van der Waals surface area contributed by atoms with Gasteiger partial charge in [-0.25, -0.2) is 0 Å². The van der Waals surface area contributed by atoms with Crippen molar-refractivity contribution in [3.8, 4) is 23.0 Å². The number of rotatable bonds is 6. The molecule has 0 heterocycles. The number of ether oxygens (including phenoxy) is 4. The first-order chi connectivity index (χ1) is 12.4. The monoisotopic (exact) mass is 356 g/mol. The number of carbonyl (C=O) groups is 2. The van der Waals surface area contributed by atoms with Gasteiger partial charge in [0, 0.05) is 19.9 Å². The normalized spacial score (nSPS) is 10.5. The molecule has 2 aromatic rings. The van der Waals surface area contributed by atoms with Crippen LogP contribution in [0.5, 0.6) is 23.0 Å². The summed E-state index contributed by atoms with van der Waals surface area (Å²) < 4.78 is 20.7. The summed E-state index contributed by atoms with van der Waals surface area (Å²) in [5.74, 6) is 0.720. The Balaban J connectivity index is 2.32. The third-order valence-corrected chi connectivity index (χ3v) is 3.32. The quantitative estimate of drug-likeness (QED) is 0.446. The van der Waals surface area contributed by atoms with E-state index in [4.69, 9.17) is 18.9 Å². The molecule has 0 amide bonds. The predicted molar refractivity (Wildman–Crippen MR) is 97.5 cm³/mol. The molecule has 6 heteroatoms. The highest BCUT2D eigenvalue weighted by molar-refractivity contribution is 5.76. The molecule has 0 saturated carbocycles. The van der Waals surface area contributed by atoms with Gasteiger partial charge in [-0.2, -0.15) is 0 Å². The van der Waals surface area contributed by atoms with Crippen LogP contribution < -0.4 is 18.9 Å². The van der Waals surface area contributed by atoms with E-state index in [0.717, 1.165) is 11.1 Å². The summed E-state index contributed by atoms with van der Waals surface area (Å²) in [4.78, 5) is 22.4. The van der Waals surface area contributed by atoms with E-state index in [0.29, 0.717) is 11.5 Å². The Morgan fingerprint density at radius 2 is 1.27 bits per heavy atom. The van der Waals surface area contributed by atoms with Crippen molar-refractivity contribution in [1.29, 1.82) is 0 Å². The summed E-state index contributed by atoms with van der Waals surface area (Å²) in [5, 5.41) is 0. The van der Waals surface area contributed by atoms with Crippen LogP contribution in [-0.2, 0) is 9.59 Å². The zero-order chi connectivity index (χ0) is 19.1. The fourth-order valence-electron chi connectivity index (χ4n) is 2.22. The lowest BCUT2D eigenvalue weighted by molar-refractivity contribution is -0.134. The second-order valence-corrected chi connectivity index (χ2v) is 5.37. The van der Waals surface area contributed by atoms with Crippen LogP contribution in [0.25, 0.3) is 12.2 Å². The van der Waals surface area contributed by atoms with Crippen molar-refractivity contribution in [2.24, 2.45) is 0 Å². The maximum absolute atomic E-state index is 11.3.